The monoisotopic (exact) mass is 207 g/mol. The zero-order valence-corrected chi connectivity index (χ0v) is 9.82. The summed E-state index contributed by atoms with van der Waals surface area (Å²) in [5, 5.41) is 0. The van der Waals surface area contributed by atoms with Crippen molar-refractivity contribution in [1.82, 2.24) is 14.7 Å². The summed E-state index contributed by atoms with van der Waals surface area (Å²) in [7, 11) is 4.33. The van der Waals surface area contributed by atoms with Crippen LogP contribution in [0.4, 0.5) is 0 Å². The molecule has 2 aliphatic heterocycles. The first-order chi connectivity index (χ1) is 7.24. The summed E-state index contributed by atoms with van der Waals surface area (Å²) in [6, 6.07) is 0. The Morgan fingerprint density at radius 3 is 2.53 bits per heavy atom. The molecule has 0 aromatic heterocycles. The first-order valence-corrected chi connectivity index (χ1v) is 5.71. The smallest absolute Gasteiger partial charge is 0.0395 e. The van der Waals surface area contributed by atoms with E-state index in [0.29, 0.717) is 0 Å². The minimum Gasteiger partial charge on any atom is -0.376 e. The van der Waals surface area contributed by atoms with E-state index < -0.39 is 0 Å². The lowest BCUT2D eigenvalue weighted by Gasteiger charge is -2.33. The lowest BCUT2D eigenvalue weighted by molar-refractivity contribution is 0.162. The molecule has 0 aliphatic carbocycles. The van der Waals surface area contributed by atoms with Gasteiger partial charge in [0.05, 0.1) is 0 Å². The van der Waals surface area contributed by atoms with Gasteiger partial charge in [-0.2, -0.15) is 0 Å². The fourth-order valence-electron chi connectivity index (χ4n) is 2.15. The first kappa shape index (κ1) is 10.7. The lowest BCUT2D eigenvalue weighted by Crippen LogP contribution is -2.45. The predicted octanol–water partition coefficient (Wildman–Crippen LogP) is 0.619. The molecule has 3 heteroatoms. The quantitative estimate of drug-likeness (QED) is 0.657. The predicted molar refractivity (Wildman–Crippen MR) is 63.8 cm³/mol. The largest absolute Gasteiger partial charge is 0.376 e. The Morgan fingerprint density at radius 2 is 1.87 bits per heavy atom. The van der Waals surface area contributed by atoms with Gasteiger partial charge in [0, 0.05) is 46.3 Å². The summed E-state index contributed by atoms with van der Waals surface area (Å²) in [5.41, 5.74) is 1.53. The number of nitrogens with zero attached hydrogens (tertiary/aromatic N) is 3. The van der Waals surface area contributed by atoms with E-state index in [1.807, 2.05) is 0 Å². The van der Waals surface area contributed by atoms with Gasteiger partial charge >= 0.3 is 0 Å². The van der Waals surface area contributed by atoms with Crippen molar-refractivity contribution in [2.75, 3.05) is 53.4 Å². The Morgan fingerprint density at radius 1 is 1.13 bits per heavy atom. The number of likely N-dealkylation sites (N-methyl/N-ethyl adjacent to an activating group) is 2. The highest BCUT2D eigenvalue weighted by Crippen LogP contribution is 2.09. The standard InChI is InChI=1S/C12H21N3/c1-13-6-8-15(9-7-13)11-12-4-3-5-14(2)10-12/h3-5H,6-11H2,1-2H3. The topological polar surface area (TPSA) is 9.72 Å². The van der Waals surface area contributed by atoms with Crippen molar-refractivity contribution in [1.29, 1.82) is 0 Å². The van der Waals surface area contributed by atoms with Crippen molar-refractivity contribution in [3.63, 3.8) is 0 Å². The zero-order chi connectivity index (χ0) is 10.7. The van der Waals surface area contributed by atoms with Gasteiger partial charge in [0.25, 0.3) is 0 Å². The molecule has 0 aromatic rings. The third kappa shape index (κ3) is 3.08. The summed E-state index contributed by atoms with van der Waals surface area (Å²) in [6.45, 7) is 7.06. The van der Waals surface area contributed by atoms with Gasteiger partial charge in [-0.1, -0.05) is 6.08 Å². The van der Waals surface area contributed by atoms with E-state index in [4.69, 9.17) is 0 Å². The second kappa shape index (κ2) is 4.81. The maximum Gasteiger partial charge on any atom is 0.0395 e. The highest BCUT2D eigenvalue weighted by atomic mass is 15.2. The molecule has 0 atom stereocenters. The Labute approximate surface area is 92.6 Å². The van der Waals surface area contributed by atoms with Crippen LogP contribution in [0.15, 0.2) is 23.9 Å². The molecule has 0 saturated carbocycles. The van der Waals surface area contributed by atoms with Gasteiger partial charge in [-0.3, -0.25) is 4.90 Å². The number of allylic oxidation sites excluding steroid dienone is 2. The molecule has 2 aliphatic rings. The highest BCUT2D eigenvalue weighted by molar-refractivity contribution is 5.19. The molecule has 2 heterocycles. The van der Waals surface area contributed by atoms with Crippen molar-refractivity contribution in [2.24, 2.45) is 0 Å². The van der Waals surface area contributed by atoms with Crippen molar-refractivity contribution in [3.05, 3.63) is 23.9 Å². The molecule has 0 bridgehead atoms. The molecule has 1 fully saturated rings. The van der Waals surface area contributed by atoms with Crippen LogP contribution in [-0.4, -0.2) is 68.1 Å². The third-order valence-corrected chi connectivity index (χ3v) is 3.15. The summed E-state index contributed by atoms with van der Waals surface area (Å²) in [6.07, 6.45) is 6.54. The average Bonchev–Trinajstić information content (AvgIpc) is 2.22. The van der Waals surface area contributed by atoms with Gasteiger partial charge in [0.1, 0.15) is 0 Å². The molecular weight excluding hydrogens is 186 g/mol. The van der Waals surface area contributed by atoms with Gasteiger partial charge in [0.2, 0.25) is 0 Å². The van der Waals surface area contributed by atoms with Gasteiger partial charge in [-0.15, -0.1) is 0 Å². The van der Waals surface area contributed by atoms with E-state index in [1.54, 1.807) is 0 Å². The molecule has 3 nitrogen and oxygen atoms in total. The normalized spacial score (nSPS) is 24.4. The number of rotatable bonds is 2. The van der Waals surface area contributed by atoms with Gasteiger partial charge in [0.15, 0.2) is 0 Å². The lowest BCUT2D eigenvalue weighted by atomic mass is 10.1. The van der Waals surface area contributed by atoms with Crippen molar-refractivity contribution in [3.8, 4) is 0 Å². The third-order valence-electron chi connectivity index (χ3n) is 3.15. The second-order valence-corrected chi connectivity index (χ2v) is 4.66. The van der Waals surface area contributed by atoms with Gasteiger partial charge in [-0.25, -0.2) is 0 Å². The minimum absolute atomic E-state index is 1.09. The fourth-order valence-corrected chi connectivity index (χ4v) is 2.15. The summed E-state index contributed by atoms with van der Waals surface area (Å²) < 4.78 is 0. The maximum atomic E-state index is 2.55. The first-order valence-electron chi connectivity index (χ1n) is 5.71. The second-order valence-electron chi connectivity index (χ2n) is 4.66. The van der Waals surface area contributed by atoms with Crippen LogP contribution in [0.5, 0.6) is 0 Å². The number of hydrogen-bond acceptors (Lipinski definition) is 3. The van der Waals surface area contributed by atoms with Gasteiger partial charge in [-0.05, 0) is 24.9 Å². The van der Waals surface area contributed by atoms with Crippen LogP contribution in [-0.2, 0) is 0 Å². The Bertz CT molecular complexity index is 262. The fraction of sp³-hybridized carbons (Fsp3) is 0.667. The van der Waals surface area contributed by atoms with Crippen LogP contribution >= 0.6 is 0 Å². The average molecular weight is 207 g/mol. The SMILES string of the molecule is CN1C=CC=C(CN2CCN(C)CC2)C1. The number of piperazine rings is 1. The molecule has 2 rings (SSSR count). The Balaban J connectivity index is 1.82. The van der Waals surface area contributed by atoms with Crippen LogP contribution in [0.25, 0.3) is 0 Å². The molecule has 0 unspecified atom stereocenters. The molecule has 15 heavy (non-hydrogen) atoms. The molecule has 0 amide bonds. The summed E-state index contributed by atoms with van der Waals surface area (Å²) in [5.74, 6) is 0. The van der Waals surface area contributed by atoms with Crippen molar-refractivity contribution >= 4 is 0 Å². The molecule has 0 N–H and O–H groups in total. The molecule has 0 spiro atoms. The summed E-state index contributed by atoms with van der Waals surface area (Å²) >= 11 is 0. The molecule has 84 valence electrons. The van der Waals surface area contributed by atoms with Crippen LogP contribution in [0.1, 0.15) is 0 Å². The Kier molecular flexibility index (Phi) is 3.44. The van der Waals surface area contributed by atoms with Crippen LogP contribution in [0, 0.1) is 0 Å². The maximum absolute atomic E-state index is 2.55. The van der Waals surface area contributed by atoms with Gasteiger partial charge < -0.3 is 9.80 Å². The Hall–Kier alpha value is -0.800. The van der Waals surface area contributed by atoms with Crippen molar-refractivity contribution < 1.29 is 0 Å². The zero-order valence-electron chi connectivity index (χ0n) is 9.82. The molecule has 0 radical (unpaired) electrons. The van der Waals surface area contributed by atoms with Crippen LogP contribution in [0.3, 0.4) is 0 Å². The minimum atomic E-state index is 1.09. The van der Waals surface area contributed by atoms with E-state index in [9.17, 15) is 0 Å². The van der Waals surface area contributed by atoms with Crippen LogP contribution in [0.2, 0.25) is 0 Å². The van der Waals surface area contributed by atoms with Crippen molar-refractivity contribution in [2.45, 2.75) is 0 Å². The molecule has 1 saturated heterocycles. The van der Waals surface area contributed by atoms with E-state index in [-0.39, 0.29) is 0 Å². The molecule has 0 aromatic carbocycles. The summed E-state index contributed by atoms with van der Waals surface area (Å²) in [4.78, 5) is 7.20. The van der Waals surface area contributed by atoms with Crippen LogP contribution < -0.4 is 0 Å². The molecular formula is C12H21N3. The van der Waals surface area contributed by atoms with E-state index in [2.05, 4.69) is 47.1 Å². The highest BCUT2D eigenvalue weighted by Gasteiger charge is 2.15. The van der Waals surface area contributed by atoms with E-state index in [1.165, 1.54) is 31.8 Å². The van der Waals surface area contributed by atoms with E-state index in [0.717, 1.165) is 13.1 Å². The van der Waals surface area contributed by atoms with E-state index >= 15 is 0 Å². The number of hydrogen-bond donors (Lipinski definition) is 0.